The Morgan fingerprint density at radius 3 is 2.75 bits per heavy atom. The molecule has 0 radical (unpaired) electrons. The van der Waals surface area contributed by atoms with Crippen LogP contribution in [-0.2, 0) is 16.1 Å². The van der Waals surface area contributed by atoms with Crippen LogP contribution in [0.15, 0.2) is 52.2 Å². The number of carbonyl (C=O) groups excluding carboxylic acids is 2. The van der Waals surface area contributed by atoms with Crippen molar-refractivity contribution in [3.63, 3.8) is 0 Å². The van der Waals surface area contributed by atoms with E-state index in [-0.39, 0.29) is 17.6 Å². The standard InChI is InChI=1S/C17H18N4O2S/c1-12-16(22)21(14-6-4-3-5-7-14)19-15(18-12)17(23)20(2)10-13-8-9-24-11-13/h3-9,11-12H,10H2,1-2H3,(H,18,19)/t12-/m1/s1. The number of thiophene rings is 1. The first-order chi connectivity index (χ1) is 11.6. The molecule has 3 rings (SSSR count). The Morgan fingerprint density at radius 2 is 2.08 bits per heavy atom. The summed E-state index contributed by atoms with van der Waals surface area (Å²) in [6, 6.07) is 10.5. The van der Waals surface area contributed by atoms with Gasteiger partial charge in [-0.15, -0.1) is 0 Å². The molecule has 0 saturated carbocycles. The van der Waals surface area contributed by atoms with E-state index in [4.69, 9.17) is 0 Å². The maximum Gasteiger partial charge on any atom is 0.290 e. The molecule has 1 atom stereocenters. The number of benzene rings is 1. The summed E-state index contributed by atoms with van der Waals surface area (Å²) < 4.78 is 0. The molecule has 2 heterocycles. The third kappa shape index (κ3) is 3.30. The fraction of sp³-hybridized carbons (Fsp3) is 0.235. The van der Waals surface area contributed by atoms with Gasteiger partial charge in [-0.05, 0) is 41.4 Å². The molecular weight excluding hydrogens is 324 g/mol. The van der Waals surface area contributed by atoms with Gasteiger partial charge in [0.15, 0.2) is 0 Å². The van der Waals surface area contributed by atoms with Crippen LogP contribution in [0, 0.1) is 0 Å². The molecule has 0 unspecified atom stereocenters. The van der Waals surface area contributed by atoms with Crippen LogP contribution in [0.1, 0.15) is 12.5 Å². The number of hydrazine groups is 1. The minimum atomic E-state index is -0.611. The van der Waals surface area contributed by atoms with Gasteiger partial charge in [0.2, 0.25) is 5.84 Å². The molecule has 24 heavy (non-hydrogen) atoms. The molecule has 0 saturated heterocycles. The maximum atomic E-state index is 12.7. The molecule has 0 bridgehead atoms. The van der Waals surface area contributed by atoms with Gasteiger partial charge < -0.3 is 4.90 Å². The number of hydrogen-bond acceptors (Lipinski definition) is 5. The Morgan fingerprint density at radius 1 is 1.33 bits per heavy atom. The number of anilines is 1. The van der Waals surface area contributed by atoms with Crippen molar-refractivity contribution in [3.8, 4) is 0 Å². The van der Waals surface area contributed by atoms with Crippen LogP contribution >= 0.6 is 11.3 Å². The van der Waals surface area contributed by atoms with Crippen LogP contribution in [0.25, 0.3) is 0 Å². The van der Waals surface area contributed by atoms with Crippen molar-refractivity contribution >= 4 is 34.7 Å². The van der Waals surface area contributed by atoms with Crippen molar-refractivity contribution < 1.29 is 9.59 Å². The van der Waals surface area contributed by atoms with E-state index in [1.54, 1.807) is 42.3 Å². The third-order valence-electron chi connectivity index (χ3n) is 3.68. The normalized spacial score (nSPS) is 17.2. The van der Waals surface area contributed by atoms with Crippen LogP contribution in [0.5, 0.6) is 0 Å². The van der Waals surface area contributed by atoms with Gasteiger partial charge in [-0.2, -0.15) is 11.3 Å². The van der Waals surface area contributed by atoms with Crippen molar-refractivity contribution in [1.82, 2.24) is 10.3 Å². The third-order valence-corrected chi connectivity index (χ3v) is 4.41. The van der Waals surface area contributed by atoms with E-state index in [0.29, 0.717) is 12.2 Å². The average molecular weight is 342 g/mol. The number of carbonyl (C=O) groups is 2. The number of likely N-dealkylation sites (N-methyl/N-ethyl adjacent to an activating group) is 1. The largest absolute Gasteiger partial charge is 0.335 e. The monoisotopic (exact) mass is 342 g/mol. The molecule has 1 aromatic heterocycles. The van der Waals surface area contributed by atoms with Gasteiger partial charge in [0.1, 0.15) is 6.04 Å². The lowest BCUT2D eigenvalue weighted by molar-refractivity contribution is -0.124. The van der Waals surface area contributed by atoms with Gasteiger partial charge in [0.25, 0.3) is 11.8 Å². The summed E-state index contributed by atoms with van der Waals surface area (Å²) in [4.78, 5) is 30.8. The van der Waals surface area contributed by atoms with Crippen molar-refractivity contribution in [2.75, 3.05) is 12.1 Å². The molecule has 1 N–H and O–H groups in total. The predicted octanol–water partition coefficient (Wildman–Crippen LogP) is 2.04. The molecular formula is C17H18N4O2S. The second kappa shape index (κ2) is 6.84. The lowest BCUT2D eigenvalue weighted by Gasteiger charge is -2.31. The lowest BCUT2D eigenvalue weighted by Crippen LogP contribution is -2.58. The summed E-state index contributed by atoms with van der Waals surface area (Å²) >= 11 is 1.59. The Kier molecular flexibility index (Phi) is 4.61. The van der Waals surface area contributed by atoms with E-state index in [1.807, 2.05) is 35.0 Å². The number of hydrogen-bond donors (Lipinski definition) is 1. The van der Waals surface area contributed by atoms with Crippen molar-refractivity contribution in [3.05, 3.63) is 52.7 Å². The molecule has 1 aromatic carbocycles. The van der Waals surface area contributed by atoms with E-state index in [9.17, 15) is 9.59 Å². The number of aliphatic imine (C=N–C) groups is 1. The van der Waals surface area contributed by atoms with Gasteiger partial charge in [0, 0.05) is 13.6 Å². The molecule has 2 aromatic rings. The lowest BCUT2D eigenvalue weighted by atomic mass is 10.2. The zero-order valence-electron chi connectivity index (χ0n) is 13.5. The topological polar surface area (TPSA) is 65.0 Å². The van der Waals surface area contributed by atoms with Crippen molar-refractivity contribution in [1.29, 1.82) is 0 Å². The smallest absolute Gasteiger partial charge is 0.290 e. The molecule has 1 aliphatic heterocycles. The quantitative estimate of drug-likeness (QED) is 0.925. The minimum absolute atomic E-state index is 0.170. The van der Waals surface area contributed by atoms with Crippen LogP contribution in [-0.4, -0.2) is 35.6 Å². The molecule has 6 nitrogen and oxygen atoms in total. The zero-order valence-corrected chi connectivity index (χ0v) is 14.3. The van der Waals surface area contributed by atoms with Gasteiger partial charge >= 0.3 is 0 Å². The molecule has 2 amide bonds. The Labute approximate surface area is 144 Å². The Balaban J connectivity index is 1.78. The van der Waals surface area contributed by atoms with Crippen molar-refractivity contribution in [2.45, 2.75) is 19.5 Å². The fourth-order valence-electron chi connectivity index (χ4n) is 2.41. The summed E-state index contributed by atoms with van der Waals surface area (Å²) in [7, 11) is 1.72. The first kappa shape index (κ1) is 16.2. The summed E-state index contributed by atoms with van der Waals surface area (Å²) in [5.41, 5.74) is 4.60. The summed E-state index contributed by atoms with van der Waals surface area (Å²) in [6.45, 7) is 2.18. The highest BCUT2D eigenvalue weighted by atomic mass is 32.1. The van der Waals surface area contributed by atoms with Gasteiger partial charge in [0.05, 0.1) is 5.69 Å². The van der Waals surface area contributed by atoms with E-state index in [1.165, 1.54) is 5.01 Å². The van der Waals surface area contributed by atoms with E-state index < -0.39 is 6.04 Å². The highest BCUT2D eigenvalue weighted by Crippen LogP contribution is 2.16. The molecule has 0 spiro atoms. The zero-order chi connectivity index (χ0) is 17.1. The predicted molar refractivity (Wildman–Crippen MR) is 94.8 cm³/mol. The highest BCUT2D eigenvalue weighted by molar-refractivity contribution is 7.07. The van der Waals surface area contributed by atoms with Crippen LogP contribution < -0.4 is 10.4 Å². The fourth-order valence-corrected chi connectivity index (χ4v) is 3.07. The SMILES string of the molecule is C[C@H]1N=C(C(=O)N(C)Cc2ccsc2)NN(c2ccccc2)C1=O. The molecule has 0 aliphatic carbocycles. The second-order valence-electron chi connectivity index (χ2n) is 5.57. The number of amides is 2. The number of nitrogens with one attached hydrogen (secondary N) is 1. The number of amidine groups is 1. The minimum Gasteiger partial charge on any atom is -0.335 e. The van der Waals surface area contributed by atoms with Crippen molar-refractivity contribution in [2.24, 2.45) is 4.99 Å². The van der Waals surface area contributed by atoms with Gasteiger partial charge in [-0.1, -0.05) is 18.2 Å². The maximum absolute atomic E-state index is 12.7. The molecule has 0 fully saturated rings. The highest BCUT2D eigenvalue weighted by Gasteiger charge is 2.31. The molecule has 7 heteroatoms. The van der Waals surface area contributed by atoms with E-state index in [0.717, 1.165) is 5.56 Å². The summed E-state index contributed by atoms with van der Waals surface area (Å²) in [5.74, 6) is -0.275. The molecule has 1 aliphatic rings. The van der Waals surface area contributed by atoms with Crippen LogP contribution in [0.2, 0.25) is 0 Å². The van der Waals surface area contributed by atoms with Gasteiger partial charge in [-0.25, -0.2) is 10.0 Å². The van der Waals surface area contributed by atoms with E-state index in [2.05, 4.69) is 10.4 Å². The van der Waals surface area contributed by atoms with E-state index >= 15 is 0 Å². The second-order valence-corrected chi connectivity index (χ2v) is 6.35. The van der Waals surface area contributed by atoms with Gasteiger partial charge in [-0.3, -0.25) is 15.0 Å². The number of rotatable bonds is 4. The number of nitrogens with zero attached hydrogens (tertiary/aromatic N) is 3. The first-order valence-electron chi connectivity index (χ1n) is 7.56. The first-order valence-corrected chi connectivity index (χ1v) is 8.50. The van der Waals surface area contributed by atoms with Crippen LogP contribution in [0.3, 0.4) is 0 Å². The number of para-hydroxylation sites is 1. The molecule has 124 valence electrons. The Hall–Kier alpha value is -2.67. The van der Waals surface area contributed by atoms with Crippen LogP contribution in [0.4, 0.5) is 5.69 Å². The average Bonchev–Trinajstić information content (AvgIpc) is 3.10. The summed E-state index contributed by atoms with van der Waals surface area (Å²) in [6.07, 6.45) is 0. The summed E-state index contributed by atoms with van der Waals surface area (Å²) in [5, 5.41) is 5.35. The Bertz CT molecular complexity index is 758.